The lowest BCUT2D eigenvalue weighted by Crippen LogP contribution is -2.63. The van der Waals surface area contributed by atoms with Crippen LogP contribution in [-0.2, 0) is 14.4 Å². The maximum absolute atomic E-state index is 12.5. The zero-order valence-corrected chi connectivity index (χ0v) is 18.1. The van der Waals surface area contributed by atoms with Crippen molar-refractivity contribution >= 4 is 35.4 Å². The van der Waals surface area contributed by atoms with E-state index < -0.39 is 24.0 Å². The first-order valence-corrected chi connectivity index (χ1v) is 10.5. The minimum atomic E-state index is -1.15. The molecule has 3 aliphatic heterocycles. The highest BCUT2D eigenvalue weighted by Crippen LogP contribution is 2.52. The molecule has 0 unspecified atom stereocenters. The third-order valence-corrected chi connectivity index (χ3v) is 7.52. The molecule has 0 aliphatic carbocycles. The number of aliphatic carboxylic acids is 1. The van der Waals surface area contributed by atoms with Gasteiger partial charge in [0.05, 0.1) is 23.9 Å². The molecule has 2 amide bonds. The van der Waals surface area contributed by atoms with E-state index in [1.807, 2.05) is 6.92 Å². The second-order valence-corrected chi connectivity index (χ2v) is 9.58. The number of nitrogens with one attached hydrogen (secondary N) is 1. The minimum Gasteiger partial charge on any atom is -0.477 e. The van der Waals surface area contributed by atoms with Crippen LogP contribution in [0.5, 0.6) is 0 Å². The fourth-order valence-electron chi connectivity index (χ4n) is 4.64. The molecule has 2 fully saturated rings. The van der Waals surface area contributed by atoms with Gasteiger partial charge in [0.15, 0.2) is 0 Å². The van der Waals surface area contributed by atoms with Crippen molar-refractivity contribution in [1.29, 1.82) is 5.41 Å². The summed E-state index contributed by atoms with van der Waals surface area (Å²) in [5.41, 5.74) is -0.00471. The van der Waals surface area contributed by atoms with E-state index >= 15 is 0 Å². The van der Waals surface area contributed by atoms with Crippen molar-refractivity contribution in [2.24, 2.45) is 11.8 Å². The summed E-state index contributed by atoms with van der Waals surface area (Å²) < 4.78 is 0. The third kappa shape index (κ3) is 3.42. The molecule has 29 heavy (non-hydrogen) atoms. The molecule has 3 heterocycles. The van der Waals surface area contributed by atoms with Crippen molar-refractivity contribution in [3.05, 3.63) is 10.6 Å². The van der Waals surface area contributed by atoms with Gasteiger partial charge in [-0.25, -0.2) is 4.79 Å². The van der Waals surface area contributed by atoms with Gasteiger partial charge in [0.2, 0.25) is 11.8 Å². The molecule has 0 aromatic rings. The van der Waals surface area contributed by atoms with E-state index in [0.717, 1.165) is 0 Å². The molecule has 0 radical (unpaired) electrons. The molecular weight excluding hydrogens is 396 g/mol. The van der Waals surface area contributed by atoms with Gasteiger partial charge < -0.3 is 24.9 Å². The molecule has 9 nitrogen and oxygen atoms in total. The van der Waals surface area contributed by atoms with Crippen LogP contribution in [0.1, 0.15) is 27.2 Å². The third-order valence-electron chi connectivity index (χ3n) is 6.02. The number of fused-ring (bicyclic) bond motifs is 1. The summed E-state index contributed by atoms with van der Waals surface area (Å²) in [6.45, 7) is 5.54. The van der Waals surface area contributed by atoms with Crippen LogP contribution in [0.15, 0.2) is 10.6 Å². The highest BCUT2D eigenvalue weighted by molar-refractivity contribution is 8.03. The van der Waals surface area contributed by atoms with Gasteiger partial charge in [-0.15, -0.1) is 11.8 Å². The number of amidine groups is 1. The average molecular weight is 425 g/mol. The van der Waals surface area contributed by atoms with Crippen LogP contribution in [0.3, 0.4) is 0 Å². The van der Waals surface area contributed by atoms with Gasteiger partial charge in [-0.3, -0.25) is 15.0 Å². The minimum absolute atomic E-state index is 0.00471. The Hall–Kier alpha value is -2.07. The van der Waals surface area contributed by atoms with Gasteiger partial charge in [-0.1, -0.05) is 6.92 Å². The molecule has 3 N–H and O–H groups in total. The van der Waals surface area contributed by atoms with Crippen LogP contribution in [0.2, 0.25) is 0 Å². The Bertz CT molecular complexity index is 795. The number of hydrogen-bond donors (Lipinski definition) is 3. The first-order valence-electron chi connectivity index (χ1n) is 9.65. The van der Waals surface area contributed by atoms with E-state index in [1.54, 1.807) is 32.8 Å². The van der Waals surface area contributed by atoms with Gasteiger partial charge in [0.25, 0.3) is 0 Å². The molecule has 0 saturated carbocycles. The Morgan fingerprint density at radius 3 is 2.45 bits per heavy atom. The monoisotopic (exact) mass is 424 g/mol. The van der Waals surface area contributed by atoms with E-state index in [9.17, 15) is 24.6 Å². The lowest BCUT2D eigenvalue weighted by Gasteiger charge is -2.46. The fraction of sp³-hybridized carbons (Fsp3) is 0.684. The van der Waals surface area contributed by atoms with Crippen molar-refractivity contribution in [2.45, 2.75) is 50.6 Å². The molecule has 6 atom stereocenters. The second kappa shape index (κ2) is 7.64. The quantitative estimate of drug-likeness (QED) is 0.331. The number of aliphatic hydroxyl groups excluding tert-OH is 1. The number of hydrogen-bond acceptors (Lipinski definition) is 6. The van der Waals surface area contributed by atoms with E-state index in [2.05, 4.69) is 0 Å². The molecule has 2 saturated heterocycles. The number of carboxylic acid groups (broad SMARTS) is 1. The van der Waals surface area contributed by atoms with Gasteiger partial charge >= 0.3 is 5.97 Å². The van der Waals surface area contributed by atoms with E-state index in [1.165, 1.54) is 21.6 Å². The van der Waals surface area contributed by atoms with Crippen LogP contribution in [-0.4, -0.2) is 92.6 Å². The first-order chi connectivity index (χ1) is 13.5. The summed E-state index contributed by atoms with van der Waals surface area (Å²) in [6.07, 6.45) is -0.338. The van der Waals surface area contributed by atoms with Crippen molar-refractivity contribution in [3.63, 3.8) is 0 Å². The highest BCUT2D eigenvalue weighted by Gasteiger charge is 2.60. The zero-order valence-electron chi connectivity index (χ0n) is 17.2. The van der Waals surface area contributed by atoms with Crippen molar-refractivity contribution in [1.82, 2.24) is 14.7 Å². The molecule has 3 aliphatic rings. The number of likely N-dealkylation sites (tertiary alicyclic amines) is 1. The van der Waals surface area contributed by atoms with Crippen LogP contribution < -0.4 is 0 Å². The Balaban J connectivity index is 1.86. The predicted octanol–water partition coefficient (Wildman–Crippen LogP) is 0.402. The molecular formula is C19H28N4O5S. The van der Waals surface area contributed by atoms with E-state index in [0.29, 0.717) is 23.7 Å². The van der Waals surface area contributed by atoms with Crippen LogP contribution in [0, 0.1) is 17.2 Å². The molecule has 0 aromatic carbocycles. The van der Waals surface area contributed by atoms with E-state index in [4.69, 9.17) is 5.41 Å². The van der Waals surface area contributed by atoms with Gasteiger partial charge in [0, 0.05) is 36.7 Å². The Kier molecular flexibility index (Phi) is 5.70. The normalized spacial score (nSPS) is 32.2. The van der Waals surface area contributed by atoms with Gasteiger partial charge in [-0.05, 0) is 20.3 Å². The van der Waals surface area contributed by atoms with E-state index in [-0.39, 0.29) is 34.7 Å². The van der Waals surface area contributed by atoms with Crippen molar-refractivity contribution in [2.75, 3.05) is 20.6 Å². The molecule has 0 spiro atoms. The maximum atomic E-state index is 12.5. The molecule has 0 aromatic heterocycles. The Labute approximate surface area is 174 Å². The topological polar surface area (TPSA) is 125 Å². The standard InChI is InChI=1S/C19H28N4O5S/c1-8-14-13(9(2)24)18(26)23(14)15(19(27)28)16(8)29-11-6-12(17(25)21(4)5)22(7-11)10(3)20/h8-9,11-14,20,24H,6-7H2,1-5H3,(H,27,28)/t8-,9-,11+,12+,13-,14-/m1/s1. The number of carboxylic acids is 1. The molecule has 10 heteroatoms. The van der Waals surface area contributed by atoms with Crippen molar-refractivity contribution < 1.29 is 24.6 Å². The number of nitrogens with zero attached hydrogens (tertiary/aromatic N) is 3. The fourth-order valence-corrected chi connectivity index (χ4v) is 6.17. The Morgan fingerprint density at radius 2 is 1.97 bits per heavy atom. The maximum Gasteiger partial charge on any atom is 0.353 e. The summed E-state index contributed by atoms with van der Waals surface area (Å²) in [5, 5.41) is 27.7. The van der Waals surface area contributed by atoms with Crippen molar-refractivity contribution in [3.8, 4) is 0 Å². The lowest BCUT2D eigenvalue weighted by atomic mass is 9.79. The Morgan fingerprint density at radius 1 is 1.34 bits per heavy atom. The van der Waals surface area contributed by atoms with Gasteiger partial charge in [-0.2, -0.15) is 0 Å². The summed E-state index contributed by atoms with van der Waals surface area (Å²) >= 11 is 1.39. The van der Waals surface area contributed by atoms with Gasteiger partial charge in [0.1, 0.15) is 11.7 Å². The smallest absolute Gasteiger partial charge is 0.353 e. The number of carbonyl (C=O) groups is 3. The number of aliphatic hydroxyl groups is 1. The molecule has 0 bridgehead atoms. The second-order valence-electron chi connectivity index (χ2n) is 8.23. The molecule has 160 valence electrons. The van der Waals surface area contributed by atoms with Crippen LogP contribution in [0.25, 0.3) is 0 Å². The number of carbonyl (C=O) groups excluding carboxylic acids is 2. The number of amides is 2. The largest absolute Gasteiger partial charge is 0.477 e. The highest BCUT2D eigenvalue weighted by atomic mass is 32.2. The SMILES string of the molecule is CC(=N)N1C[C@@H](SC2=C(C(=O)O)N3C(=O)[C@H]([C@@H](C)O)[C@H]3[C@H]2C)C[C@H]1C(=O)N(C)C. The summed E-state index contributed by atoms with van der Waals surface area (Å²) in [5.74, 6) is -2.09. The summed E-state index contributed by atoms with van der Waals surface area (Å²) in [7, 11) is 3.36. The number of rotatable bonds is 5. The summed E-state index contributed by atoms with van der Waals surface area (Å²) in [6, 6.07) is -0.799. The number of β-lactam (4-membered cyclic amide) rings is 1. The first kappa shape index (κ1) is 21.6. The van der Waals surface area contributed by atoms with Crippen LogP contribution in [0.4, 0.5) is 0 Å². The number of thioether (sulfide) groups is 1. The number of likely N-dealkylation sites (N-methyl/N-ethyl adjacent to an activating group) is 1. The molecule has 3 rings (SSSR count). The zero-order chi connectivity index (χ0) is 21.8. The summed E-state index contributed by atoms with van der Waals surface area (Å²) in [4.78, 5) is 42.1. The predicted molar refractivity (Wildman–Crippen MR) is 108 cm³/mol. The average Bonchev–Trinajstić information content (AvgIpc) is 3.13. The lowest BCUT2D eigenvalue weighted by molar-refractivity contribution is -0.163. The van der Waals surface area contributed by atoms with Crippen LogP contribution >= 0.6 is 11.8 Å².